The van der Waals surface area contributed by atoms with Crippen molar-refractivity contribution < 1.29 is 46.4 Å². The molecule has 0 radical (unpaired) electrons. The van der Waals surface area contributed by atoms with Crippen LogP contribution in [0.5, 0.6) is 0 Å². The average molecular weight is 324 g/mol. The van der Waals surface area contributed by atoms with Crippen molar-refractivity contribution in [1.29, 1.82) is 0 Å². The number of halogens is 2. The van der Waals surface area contributed by atoms with Gasteiger partial charge in [-0.05, 0) is 0 Å². The molecule has 2 rings (SSSR count). The van der Waals surface area contributed by atoms with E-state index in [1.165, 1.54) is 0 Å². The third kappa shape index (κ3) is 4.26. The van der Waals surface area contributed by atoms with Crippen molar-refractivity contribution in [3.05, 3.63) is 47.1 Å². The van der Waals surface area contributed by atoms with Crippen LogP contribution in [0.4, 0.5) is 0 Å². The molecule has 0 saturated carbocycles. The van der Waals surface area contributed by atoms with Crippen LogP contribution in [0.1, 0.15) is 0 Å². The largest absolute Gasteiger partial charge is 1.00 e. The summed E-state index contributed by atoms with van der Waals surface area (Å²) in [5.41, 5.74) is 10.1. The van der Waals surface area contributed by atoms with Gasteiger partial charge in [0.25, 0.3) is 0 Å². The zero-order valence-electron chi connectivity index (χ0n) is 7.03. The fourth-order valence-corrected chi connectivity index (χ4v) is 29.5. The Kier molecular flexibility index (Phi) is 7.66. The Balaban J connectivity index is 0.000000720. The van der Waals surface area contributed by atoms with Crippen LogP contribution in [-0.2, 0) is 21.6 Å². The van der Waals surface area contributed by atoms with Crippen LogP contribution >= 0.6 is 0 Å². The van der Waals surface area contributed by atoms with E-state index >= 15 is 0 Å². The second-order valence-corrected chi connectivity index (χ2v) is 24.9. The molecule has 0 N–H and O–H groups in total. The minimum absolute atomic E-state index is 0. The first-order valence-corrected chi connectivity index (χ1v) is 16.2. The van der Waals surface area contributed by atoms with Gasteiger partial charge in [0, 0.05) is 0 Å². The normalized spacial score (nSPS) is 18.5. The zero-order valence-corrected chi connectivity index (χ0v) is 13.3. The standard InChI is InChI=1S/2C4H5Si.2ClH.Zr/c2*1-2-4-5-3-1;;;/h2*1-5H;2*1H;/q;;;;+2/p-2. The van der Waals surface area contributed by atoms with Crippen LogP contribution in [0.2, 0.25) is 0 Å². The summed E-state index contributed by atoms with van der Waals surface area (Å²) in [5, 5.41) is 0. The Morgan fingerprint density at radius 3 is 1.23 bits per heavy atom. The van der Waals surface area contributed by atoms with Crippen molar-refractivity contribution in [1.82, 2.24) is 0 Å². The summed E-state index contributed by atoms with van der Waals surface area (Å²) in [6.07, 6.45) is 9.03. The van der Waals surface area contributed by atoms with Gasteiger partial charge in [0.15, 0.2) is 0 Å². The van der Waals surface area contributed by atoms with Crippen molar-refractivity contribution in [2.45, 2.75) is 0 Å². The quantitative estimate of drug-likeness (QED) is 0.446. The maximum Gasteiger partial charge on any atom is -1.00 e. The first kappa shape index (κ1) is 13.9. The molecule has 13 heavy (non-hydrogen) atoms. The molecular formula is C8H10Cl2Si2Zr. The zero-order chi connectivity index (χ0) is 7.52. The van der Waals surface area contributed by atoms with Crippen molar-refractivity contribution >= 4 is 11.8 Å². The Bertz CT molecular complexity index is 211. The fraction of sp³-hybridized carbons (Fsp3) is 0. The molecule has 0 aromatic heterocycles. The van der Waals surface area contributed by atoms with Crippen LogP contribution in [0.15, 0.2) is 47.1 Å². The van der Waals surface area contributed by atoms with E-state index in [4.69, 9.17) is 0 Å². The molecule has 0 saturated heterocycles. The van der Waals surface area contributed by atoms with E-state index < -0.39 is 0 Å². The summed E-state index contributed by atoms with van der Waals surface area (Å²) in [5.74, 6) is -0.732. The summed E-state index contributed by atoms with van der Waals surface area (Å²) < 4.78 is 0. The van der Waals surface area contributed by atoms with E-state index in [0.29, 0.717) is 0 Å². The van der Waals surface area contributed by atoms with E-state index in [0.717, 1.165) is 0 Å². The van der Waals surface area contributed by atoms with Gasteiger partial charge in [-0.25, -0.2) is 0 Å². The van der Waals surface area contributed by atoms with E-state index in [1.807, 2.05) is 0 Å². The number of hydrogen-bond donors (Lipinski definition) is 0. The Morgan fingerprint density at radius 2 is 0.923 bits per heavy atom. The summed E-state index contributed by atoms with van der Waals surface area (Å²) in [6, 6.07) is 0. The van der Waals surface area contributed by atoms with E-state index in [9.17, 15) is 0 Å². The number of hydrogen-bond acceptors (Lipinski definition) is 0. The average Bonchev–Trinajstić information content (AvgIpc) is 2.60. The number of allylic oxidation sites excluding steroid dienone is 4. The molecule has 0 spiro atoms. The van der Waals surface area contributed by atoms with Gasteiger partial charge in [-0.15, -0.1) is 0 Å². The third-order valence-corrected chi connectivity index (χ3v) is 30.2. The summed E-state index contributed by atoms with van der Waals surface area (Å²) in [4.78, 5) is 0. The van der Waals surface area contributed by atoms with E-state index in [2.05, 4.69) is 47.1 Å². The summed E-state index contributed by atoms with van der Waals surface area (Å²) in [7, 11) is 0. The van der Waals surface area contributed by atoms with Crippen LogP contribution in [0.25, 0.3) is 0 Å². The van der Waals surface area contributed by atoms with Crippen LogP contribution in [0, 0.1) is 0 Å². The van der Waals surface area contributed by atoms with Crippen molar-refractivity contribution in [3.63, 3.8) is 0 Å². The van der Waals surface area contributed by atoms with Crippen LogP contribution in [0.3, 0.4) is 0 Å². The van der Waals surface area contributed by atoms with E-state index in [1.54, 1.807) is 0 Å². The van der Waals surface area contributed by atoms with Gasteiger partial charge in [-0.1, -0.05) is 0 Å². The van der Waals surface area contributed by atoms with Crippen molar-refractivity contribution in [2.24, 2.45) is 0 Å². The van der Waals surface area contributed by atoms with Gasteiger partial charge in [-0.3, -0.25) is 0 Å². The summed E-state index contributed by atoms with van der Waals surface area (Å²) >= 11 is 0.0217. The Morgan fingerprint density at radius 1 is 0.615 bits per heavy atom. The molecule has 0 amide bonds. The molecule has 2 heterocycles. The molecule has 2 aliphatic heterocycles. The molecule has 2 aliphatic rings. The Labute approximate surface area is 104 Å². The molecule has 0 unspecified atom stereocenters. The van der Waals surface area contributed by atoms with Gasteiger partial charge >= 0.3 is 80.5 Å². The van der Waals surface area contributed by atoms with Crippen molar-refractivity contribution in [3.8, 4) is 0 Å². The first-order valence-electron chi connectivity index (χ1n) is 3.91. The van der Waals surface area contributed by atoms with Crippen LogP contribution in [-0.4, -0.2) is 11.8 Å². The van der Waals surface area contributed by atoms with Gasteiger partial charge in [0.2, 0.25) is 0 Å². The SMILES string of the molecule is C1=C[SiH]([Zr+2][SiH]2C=CC=C2)C=C1.[Cl-].[Cl-]. The summed E-state index contributed by atoms with van der Waals surface area (Å²) in [6.45, 7) is 0. The molecule has 0 fully saturated rings. The minimum Gasteiger partial charge on any atom is -1.00 e. The van der Waals surface area contributed by atoms with Gasteiger partial charge < -0.3 is 24.8 Å². The fourth-order valence-electron chi connectivity index (χ4n) is 1.31. The Hall–Kier alpha value is 0.857. The first-order chi connectivity index (χ1) is 5.45. The molecule has 0 aromatic carbocycles. The predicted octanol–water partition coefficient (Wildman–Crippen LogP) is -5.07. The topological polar surface area (TPSA) is 0 Å². The molecule has 0 aliphatic carbocycles. The molecule has 68 valence electrons. The van der Waals surface area contributed by atoms with Crippen molar-refractivity contribution in [2.75, 3.05) is 0 Å². The maximum atomic E-state index is 2.51. The minimum atomic E-state index is -0.366. The van der Waals surface area contributed by atoms with Gasteiger partial charge in [0.1, 0.15) is 0 Å². The molecule has 0 bridgehead atoms. The molecule has 0 nitrogen and oxygen atoms in total. The van der Waals surface area contributed by atoms with Gasteiger partial charge in [0.05, 0.1) is 0 Å². The smallest absolute Gasteiger partial charge is 1.00 e. The molecule has 0 aromatic rings. The molecule has 5 heteroatoms. The second kappa shape index (κ2) is 7.19. The third-order valence-electron chi connectivity index (χ3n) is 1.88. The van der Waals surface area contributed by atoms with Crippen LogP contribution < -0.4 is 24.8 Å². The predicted molar refractivity (Wildman–Crippen MR) is 50.9 cm³/mol. The van der Waals surface area contributed by atoms with Gasteiger partial charge in [-0.2, -0.15) is 0 Å². The second-order valence-electron chi connectivity index (χ2n) is 2.76. The molecule has 0 atom stereocenters. The monoisotopic (exact) mass is 322 g/mol. The molecular weight excluding hydrogens is 314 g/mol. The maximum absolute atomic E-state index is 2.51. The number of rotatable bonds is 2. The van der Waals surface area contributed by atoms with E-state index in [-0.39, 0.29) is 58.2 Å².